The number of ether oxygens (including phenoxy) is 2. The summed E-state index contributed by atoms with van der Waals surface area (Å²) in [5.41, 5.74) is 4.62. The molecule has 142 valence electrons. The van der Waals surface area contributed by atoms with Crippen LogP contribution in [0.15, 0.2) is 42.5 Å². The first-order valence-corrected chi connectivity index (χ1v) is 9.80. The third-order valence-electron chi connectivity index (χ3n) is 5.67. The highest BCUT2D eigenvalue weighted by Gasteiger charge is 2.24. The van der Waals surface area contributed by atoms with E-state index in [1.807, 2.05) is 18.2 Å². The smallest absolute Gasteiger partial charge is 0.337 e. The zero-order valence-corrected chi connectivity index (χ0v) is 15.9. The molecular weight excluding hydrogens is 340 g/mol. The van der Waals surface area contributed by atoms with Gasteiger partial charge in [0.05, 0.1) is 19.3 Å². The van der Waals surface area contributed by atoms with Crippen LogP contribution in [0.1, 0.15) is 27.0 Å². The van der Waals surface area contributed by atoms with Crippen LogP contribution in [0.2, 0.25) is 0 Å². The van der Waals surface area contributed by atoms with E-state index >= 15 is 0 Å². The topological polar surface area (TPSA) is 44.4 Å². The van der Waals surface area contributed by atoms with Gasteiger partial charge in [-0.05, 0) is 35.9 Å². The van der Waals surface area contributed by atoms with E-state index in [2.05, 4.69) is 24.3 Å². The molecule has 5 nitrogen and oxygen atoms in total. The summed E-state index contributed by atoms with van der Waals surface area (Å²) in [6, 6.07) is 14.5. The summed E-state index contributed by atoms with van der Waals surface area (Å²) >= 11 is 0. The molecule has 0 amide bonds. The molecule has 27 heavy (non-hydrogen) atoms. The average molecular weight is 368 g/mol. The molecule has 2 N–H and O–H groups in total. The number of hydrogen-bond donors (Lipinski definition) is 2. The van der Waals surface area contributed by atoms with Crippen molar-refractivity contribution in [2.75, 3.05) is 39.9 Å². The number of nitrogens with one attached hydrogen (secondary N) is 2. The van der Waals surface area contributed by atoms with Crippen LogP contribution >= 0.6 is 0 Å². The summed E-state index contributed by atoms with van der Waals surface area (Å²) in [6.45, 7) is 7.56. The third kappa shape index (κ3) is 4.31. The van der Waals surface area contributed by atoms with Gasteiger partial charge < -0.3 is 19.3 Å². The molecule has 0 radical (unpaired) electrons. The molecule has 0 unspecified atom stereocenters. The Kier molecular flexibility index (Phi) is 5.41. The molecule has 2 aliphatic heterocycles. The largest absolute Gasteiger partial charge is 0.493 e. The highest BCUT2D eigenvalue weighted by molar-refractivity contribution is 5.89. The third-order valence-corrected chi connectivity index (χ3v) is 5.67. The van der Waals surface area contributed by atoms with Gasteiger partial charge in [0, 0.05) is 17.5 Å². The summed E-state index contributed by atoms with van der Waals surface area (Å²) in [4.78, 5) is 14.9. The van der Waals surface area contributed by atoms with Gasteiger partial charge in [-0.2, -0.15) is 0 Å². The van der Waals surface area contributed by atoms with Crippen LogP contribution in [0.5, 0.6) is 5.75 Å². The van der Waals surface area contributed by atoms with E-state index in [-0.39, 0.29) is 5.97 Å². The highest BCUT2D eigenvalue weighted by atomic mass is 16.5. The maximum Gasteiger partial charge on any atom is 0.337 e. The van der Waals surface area contributed by atoms with Gasteiger partial charge in [0.15, 0.2) is 0 Å². The average Bonchev–Trinajstić information content (AvgIpc) is 3.17. The number of esters is 1. The Morgan fingerprint density at radius 1 is 1.00 bits per heavy atom. The van der Waals surface area contributed by atoms with Gasteiger partial charge in [-0.1, -0.05) is 12.1 Å². The SMILES string of the molecule is COC(=O)c1cccc(C[NH+]2CC[NH+](Cc3ccc4c(c3)CCO4)CC2)c1. The first-order valence-electron chi connectivity index (χ1n) is 9.80. The van der Waals surface area contributed by atoms with Gasteiger partial charge in [0.1, 0.15) is 45.0 Å². The molecule has 2 heterocycles. The van der Waals surface area contributed by atoms with Crippen LogP contribution in [-0.2, 0) is 24.2 Å². The molecule has 2 aromatic carbocycles. The summed E-state index contributed by atoms with van der Waals surface area (Å²) in [5, 5.41) is 0. The Labute approximate surface area is 160 Å². The Balaban J connectivity index is 1.30. The van der Waals surface area contributed by atoms with Crippen LogP contribution in [0.4, 0.5) is 0 Å². The lowest BCUT2D eigenvalue weighted by molar-refractivity contribution is -1.02. The predicted molar refractivity (Wildman–Crippen MR) is 102 cm³/mol. The molecule has 0 spiro atoms. The van der Waals surface area contributed by atoms with Crippen molar-refractivity contribution in [3.8, 4) is 5.75 Å². The summed E-state index contributed by atoms with van der Waals surface area (Å²) in [7, 11) is 1.43. The monoisotopic (exact) mass is 368 g/mol. The van der Waals surface area contributed by atoms with E-state index in [0.29, 0.717) is 5.56 Å². The second-order valence-corrected chi connectivity index (χ2v) is 7.59. The van der Waals surface area contributed by atoms with Gasteiger partial charge in [0.25, 0.3) is 0 Å². The van der Waals surface area contributed by atoms with Crippen LogP contribution in [-0.4, -0.2) is 45.9 Å². The second kappa shape index (κ2) is 8.11. The molecule has 1 saturated heterocycles. The molecule has 5 heteroatoms. The van der Waals surface area contributed by atoms with Crippen molar-refractivity contribution in [1.29, 1.82) is 0 Å². The number of fused-ring (bicyclic) bond motifs is 1. The number of rotatable bonds is 5. The molecule has 1 fully saturated rings. The molecule has 0 bridgehead atoms. The van der Waals surface area contributed by atoms with Crippen molar-refractivity contribution in [3.05, 3.63) is 64.7 Å². The molecule has 0 aliphatic carbocycles. The minimum Gasteiger partial charge on any atom is -0.493 e. The number of methoxy groups -OCH3 is 1. The zero-order valence-electron chi connectivity index (χ0n) is 15.9. The quantitative estimate of drug-likeness (QED) is 0.724. The number of carbonyl (C=O) groups excluding carboxylic acids is 1. The van der Waals surface area contributed by atoms with E-state index in [1.165, 1.54) is 36.9 Å². The van der Waals surface area contributed by atoms with Crippen molar-refractivity contribution in [3.63, 3.8) is 0 Å². The van der Waals surface area contributed by atoms with E-state index < -0.39 is 0 Å². The second-order valence-electron chi connectivity index (χ2n) is 7.59. The van der Waals surface area contributed by atoms with Crippen molar-refractivity contribution < 1.29 is 24.1 Å². The lowest BCUT2D eigenvalue weighted by Gasteiger charge is -2.30. The maximum atomic E-state index is 11.7. The van der Waals surface area contributed by atoms with E-state index in [4.69, 9.17) is 9.47 Å². The van der Waals surface area contributed by atoms with Crippen LogP contribution in [0.3, 0.4) is 0 Å². The summed E-state index contributed by atoms with van der Waals surface area (Å²) < 4.78 is 10.4. The number of hydrogen-bond acceptors (Lipinski definition) is 3. The Morgan fingerprint density at radius 3 is 2.41 bits per heavy atom. The van der Waals surface area contributed by atoms with E-state index in [0.717, 1.165) is 45.0 Å². The number of benzene rings is 2. The highest BCUT2D eigenvalue weighted by Crippen LogP contribution is 2.25. The molecule has 4 rings (SSSR count). The Hall–Kier alpha value is -2.37. The van der Waals surface area contributed by atoms with Crippen molar-refractivity contribution in [2.24, 2.45) is 0 Å². The number of carbonyl (C=O) groups is 1. The first-order chi connectivity index (χ1) is 13.2. The van der Waals surface area contributed by atoms with E-state index in [1.54, 1.807) is 9.80 Å². The molecule has 0 atom stereocenters. The zero-order chi connectivity index (χ0) is 18.6. The lowest BCUT2D eigenvalue weighted by Crippen LogP contribution is -3.27. The lowest BCUT2D eigenvalue weighted by atomic mass is 10.1. The van der Waals surface area contributed by atoms with Crippen molar-refractivity contribution in [2.45, 2.75) is 19.5 Å². The molecular formula is C22H28N2O3+2. The fourth-order valence-corrected chi connectivity index (χ4v) is 4.16. The van der Waals surface area contributed by atoms with Gasteiger partial charge >= 0.3 is 5.97 Å². The van der Waals surface area contributed by atoms with Gasteiger partial charge in [-0.25, -0.2) is 4.79 Å². The summed E-state index contributed by atoms with van der Waals surface area (Å²) in [5.74, 6) is 0.804. The van der Waals surface area contributed by atoms with Crippen LogP contribution in [0.25, 0.3) is 0 Å². The number of piperazine rings is 1. The van der Waals surface area contributed by atoms with Crippen molar-refractivity contribution in [1.82, 2.24) is 0 Å². The fourth-order valence-electron chi connectivity index (χ4n) is 4.16. The first kappa shape index (κ1) is 18.0. The fraction of sp³-hybridized carbons (Fsp3) is 0.409. The molecule has 2 aliphatic rings. The molecule has 2 aromatic rings. The molecule has 0 saturated carbocycles. The van der Waals surface area contributed by atoms with Gasteiger partial charge in [-0.3, -0.25) is 0 Å². The maximum absolute atomic E-state index is 11.7. The van der Waals surface area contributed by atoms with Crippen molar-refractivity contribution >= 4 is 5.97 Å². The summed E-state index contributed by atoms with van der Waals surface area (Å²) in [6.07, 6.45) is 1.04. The Bertz CT molecular complexity index is 813. The van der Waals surface area contributed by atoms with Gasteiger partial charge in [-0.15, -0.1) is 0 Å². The van der Waals surface area contributed by atoms with Gasteiger partial charge in [0.2, 0.25) is 0 Å². The van der Waals surface area contributed by atoms with Crippen LogP contribution in [0, 0.1) is 0 Å². The Morgan fingerprint density at radius 2 is 1.70 bits per heavy atom. The number of quaternary nitrogens is 2. The normalized spacial score (nSPS) is 21.4. The van der Waals surface area contributed by atoms with Crippen LogP contribution < -0.4 is 14.5 Å². The van der Waals surface area contributed by atoms with E-state index in [9.17, 15) is 4.79 Å². The minimum atomic E-state index is -0.263. The standard InChI is InChI=1S/C22H26N2O3/c1-26-22(25)20-4-2-3-17(14-20)15-23-8-10-24(11-9-23)16-18-5-6-21-19(13-18)7-12-27-21/h2-6,13-14H,7-12,15-16H2,1H3/p+2. The predicted octanol–water partition coefficient (Wildman–Crippen LogP) is -0.108. The minimum absolute atomic E-state index is 0.263. The molecule has 0 aromatic heterocycles.